The zero-order chi connectivity index (χ0) is 45.2. The summed E-state index contributed by atoms with van der Waals surface area (Å²) in [5.41, 5.74) is 12.2. The van der Waals surface area contributed by atoms with Crippen LogP contribution in [-0.4, -0.2) is 9.55 Å². The first kappa shape index (κ1) is 45.7. The van der Waals surface area contributed by atoms with E-state index in [1.54, 1.807) is 0 Å². The van der Waals surface area contributed by atoms with E-state index in [4.69, 9.17) is 9.72 Å². The molecule has 0 aliphatic carbocycles. The zero-order valence-electron chi connectivity index (χ0n) is 39.5. The van der Waals surface area contributed by atoms with E-state index in [0.717, 1.165) is 39.0 Å². The van der Waals surface area contributed by atoms with Crippen molar-refractivity contribution < 1.29 is 25.8 Å². The molecule has 0 N–H and O–H groups in total. The summed E-state index contributed by atoms with van der Waals surface area (Å²) in [5.74, 6) is 2.06. The van der Waals surface area contributed by atoms with Crippen LogP contribution in [0.2, 0.25) is 0 Å². The van der Waals surface area contributed by atoms with Gasteiger partial charge in [0.2, 0.25) is 0 Å². The Hall–Kier alpha value is -5.90. The van der Waals surface area contributed by atoms with Gasteiger partial charge < -0.3 is 19.1 Å². The average molecular weight is 1040 g/mol. The quantitative estimate of drug-likeness (QED) is 0.142. The monoisotopic (exact) mass is 1030 g/mol. The van der Waals surface area contributed by atoms with Gasteiger partial charge in [0.1, 0.15) is 5.82 Å². The van der Waals surface area contributed by atoms with Gasteiger partial charge in [-0.3, -0.25) is 0 Å². The fourth-order valence-electron chi connectivity index (χ4n) is 8.69. The minimum Gasteiger partial charge on any atom is -0.509 e. The minimum atomic E-state index is -0.198. The molecule has 6 aromatic carbocycles. The molecular weight excluding hydrogens is 976 g/mol. The molecule has 0 saturated carbocycles. The number of hydrogen-bond donors (Lipinski definition) is 0. The van der Waals surface area contributed by atoms with Crippen molar-refractivity contribution in [3.8, 4) is 28.4 Å². The first-order valence-corrected chi connectivity index (χ1v) is 22.4. The third-order valence-corrected chi connectivity index (χ3v) is 12.7. The van der Waals surface area contributed by atoms with Crippen LogP contribution in [-0.2, 0) is 37.3 Å². The molecule has 2 aromatic heterocycles. The molecule has 0 bridgehead atoms. The average Bonchev–Trinajstić information content (AvgIpc) is 3.87. The van der Waals surface area contributed by atoms with Gasteiger partial charge in [-0.15, -0.1) is 48.1 Å². The van der Waals surface area contributed by atoms with Crippen molar-refractivity contribution in [3.63, 3.8) is 0 Å². The van der Waals surface area contributed by atoms with Gasteiger partial charge in [0.05, 0.1) is 0 Å². The van der Waals surface area contributed by atoms with Crippen molar-refractivity contribution in [2.45, 2.75) is 92.4 Å². The number of benzene rings is 6. The Bertz CT molecular complexity index is 3030. The van der Waals surface area contributed by atoms with Gasteiger partial charge >= 0.3 is 0 Å². The SMILES string of the molecule is CC(C)(C)C1=CN(c2[c-]c(Oc3[c-]c4c(cc3)c3cc(C(C)(C)c5ccccc5)ccc3n4-c3cc(C(C)(C)C)ccn3)ccc2)[CH-]N1c1cc(-c2ccccc2)cc(C(C)(C)C)c1.[Pt]. The molecule has 0 fully saturated rings. The molecule has 0 spiro atoms. The Morgan fingerprint density at radius 1 is 0.538 bits per heavy atom. The Kier molecular flexibility index (Phi) is 12.0. The number of ether oxygens (including phenoxy) is 1. The summed E-state index contributed by atoms with van der Waals surface area (Å²) in [6.07, 6.45) is 4.14. The van der Waals surface area contributed by atoms with Crippen molar-refractivity contribution in [1.82, 2.24) is 9.55 Å². The molecule has 0 atom stereocenters. The summed E-state index contributed by atoms with van der Waals surface area (Å²) in [7, 11) is 0. The zero-order valence-corrected chi connectivity index (χ0v) is 41.8. The molecule has 5 nitrogen and oxygen atoms in total. The molecule has 0 amide bonds. The molecule has 0 saturated heterocycles. The standard InChI is InChI=1S/C59H59N4O.Pt/c1-56(2,3)43-29-30-60-55(35-43)63-52-28-25-44(59(10,11)42-21-16-13-17-22-42)34-51(52)50-27-26-49(37-53(50)63)64-48-24-18-23-46(36-48)61-38-54(58(7,8)9)62(39-61)47-32-41(40-19-14-12-15-20-40)31-45(33-47)57(4,5)6;/h12-35,38-39H,1-11H3;/q-3;. The van der Waals surface area contributed by atoms with E-state index in [2.05, 4.69) is 237 Å². The number of allylic oxidation sites excluding steroid dienone is 1. The third kappa shape index (κ3) is 9.05. The van der Waals surface area contributed by atoms with Crippen LogP contribution < -0.4 is 14.5 Å². The fraction of sp³-hybridized carbons (Fsp3) is 0.254. The molecule has 0 unspecified atom stereocenters. The number of anilines is 2. The summed E-state index contributed by atoms with van der Waals surface area (Å²) in [5, 5.41) is 2.24. The smallest absolute Gasteiger partial charge is 0.135 e. The van der Waals surface area contributed by atoms with Crippen LogP contribution in [0.4, 0.5) is 11.4 Å². The Morgan fingerprint density at radius 2 is 1.23 bits per heavy atom. The molecular formula is C59H59N4OPt-3. The van der Waals surface area contributed by atoms with Gasteiger partial charge in [0.25, 0.3) is 0 Å². The molecule has 1 aliphatic rings. The predicted octanol–water partition coefficient (Wildman–Crippen LogP) is 15.5. The van der Waals surface area contributed by atoms with Crippen molar-refractivity contribution in [2.24, 2.45) is 5.41 Å². The van der Waals surface area contributed by atoms with Gasteiger partial charge in [-0.25, -0.2) is 4.98 Å². The van der Waals surface area contributed by atoms with Gasteiger partial charge in [0, 0.05) is 66.5 Å². The van der Waals surface area contributed by atoms with Crippen LogP contribution >= 0.6 is 0 Å². The Balaban J connectivity index is 0.00000576. The normalized spacial score (nSPS) is 13.6. The van der Waals surface area contributed by atoms with Crippen molar-refractivity contribution in [3.05, 3.63) is 199 Å². The molecule has 65 heavy (non-hydrogen) atoms. The fourth-order valence-corrected chi connectivity index (χ4v) is 8.69. The topological polar surface area (TPSA) is 33.5 Å². The summed E-state index contributed by atoms with van der Waals surface area (Å²) >= 11 is 0. The van der Waals surface area contributed by atoms with Crippen molar-refractivity contribution in [1.29, 1.82) is 0 Å². The van der Waals surface area contributed by atoms with E-state index in [1.807, 2.05) is 24.4 Å². The molecule has 6 heteroatoms. The van der Waals surface area contributed by atoms with Crippen LogP contribution in [0, 0.1) is 24.2 Å². The van der Waals surface area contributed by atoms with Gasteiger partial charge in [-0.1, -0.05) is 161 Å². The molecule has 334 valence electrons. The number of nitrogens with zero attached hydrogens (tertiary/aromatic N) is 4. The number of rotatable bonds is 8. The maximum atomic E-state index is 6.69. The second-order valence-electron chi connectivity index (χ2n) is 20.8. The summed E-state index contributed by atoms with van der Waals surface area (Å²) in [6.45, 7) is 27.1. The van der Waals surface area contributed by atoms with E-state index in [9.17, 15) is 0 Å². The molecule has 9 rings (SSSR count). The Morgan fingerprint density at radius 3 is 1.92 bits per heavy atom. The second kappa shape index (κ2) is 17.1. The summed E-state index contributed by atoms with van der Waals surface area (Å²) in [6, 6.07) is 57.1. The largest absolute Gasteiger partial charge is 0.509 e. The second-order valence-corrected chi connectivity index (χ2v) is 20.8. The van der Waals surface area contributed by atoms with Crippen LogP contribution in [0.3, 0.4) is 0 Å². The summed E-state index contributed by atoms with van der Waals surface area (Å²) < 4.78 is 8.92. The number of pyridine rings is 1. The van der Waals surface area contributed by atoms with Gasteiger partial charge in [-0.05, 0) is 86.1 Å². The first-order chi connectivity index (χ1) is 30.3. The summed E-state index contributed by atoms with van der Waals surface area (Å²) in [4.78, 5) is 9.44. The van der Waals surface area contributed by atoms with Crippen LogP contribution in [0.15, 0.2) is 158 Å². The maximum Gasteiger partial charge on any atom is 0.135 e. The van der Waals surface area contributed by atoms with Crippen molar-refractivity contribution in [2.75, 3.05) is 9.80 Å². The number of aromatic nitrogens is 2. The predicted molar refractivity (Wildman–Crippen MR) is 267 cm³/mol. The molecule has 0 radical (unpaired) electrons. The molecule has 8 aromatic rings. The van der Waals surface area contributed by atoms with E-state index in [0.29, 0.717) is 11.5 Å². The molecule has 1 aliphatic heterocycles. The van der Waals surface area contributed by atoms with Crippen LogP contribution in [0.5, 0.6) is 11.5 Å². The van der Waals surface area contributed by atoms with Gasteiger partial charge in [0.15, 0.2) is 0 Å². The Labute approximate surface area is 401 Å². The van der Waals surface area contributed by atoms with Crippen LogP contribution in [0.1, 0.15) is 98.4 Å². The van der Waals surface area contributed by atoms with Crippen molar-refractivity contribution >= 4 is 33.2 Å². The third-order valence-electron chi connectivity index (χ3n) is 12.7. The van der Waals surface area contributed by atoms with E-state index >= 15 is 0 Å². The molecule has 3 heterocycles. The number of hydrogen-bond acceptors (Lipinski definition) is 4. The van der Waals surface area contributed by atoms with E-state index in [-0.39, 0.29) is 42.7 Å². The number of fused-ring (bicyclic) bond motifs is 3. The van der Waals surface area contributed by atoms with Crippen LogP contribution in [0.25, 0.3) is 38.8 Å². The first-order valence-electron chi connectivity index (χ1n) is 22.4. The van der Waals surface area contributed by atoms with E-state index in [1.165, 1.54) is 39.1 Å². The maximum absolute atomic E-state index is 6.69. The van der Waals surface area contributed by atoms with E-state index < -0.39 is 0 Å². The van der Waals surface area contributed by atoms with Gasteiger partial charge in [-0.2, -0.15) is 12.1 Å². The minimum absolute atomic E-state index is 0.